The van der Waals surface area contributed by atoms with Crippen LogP contribution in [0.25, 0.3) is 0 Å². The normalized spacial score (nSPS) is 11.8. The van der Waals surface area contributed by atoms with Gasteiger partial charge >= 0.3 is 5.97 Å². The van der Waals surface area contributed by atoms with E-state index in [0.717, 1.165) is 32.1 Å². The van der Waals surface area contributed by atoms with Crippen LogP contribution in [0.3, 0.4) is 0 Å². The summed E-state index contributed by atoms with van der Waals surface area (Å²) in [7, 11) is 0. The third-order valence-electron chi connectivity index (χ3n) is 4.25. The largest absolute Gasteiger partial charge is 0.481 e. The second kappa shape index (κ2) is 13.7. The number of hydrogen-bond acceptors (Lipinski definition) is 3. The van der Waals surface area contributed by atoms with Gasteiger partial charge < -0.3 is 14.9 Å². The molecule has 0 aromatic heterocycles. The number of unbranched alkanes of at least 4 members (excludes halogenated alkanes) is 2. The van der Waals surface area contributed by atoms with Gasteiger partial charge in [0.2, 0.25) is 11.8 Å². The zero-order chi connectivity index (χ0) is 19.2. The Bertz CT molecular complexity index is 406. The van der Waals surface area contributed by atoms with Gasteiger partial charge in [-0.25, -0.2) is 0 Å². The van der Waals surface area contributed by atoms with E-state index in [9.17, 15) is 14.4 Å². The highest BCUT2D eigenvalue weighted by Crippen LogP contribution is 2.15. The van der Waals surface area contributed by atoms with Crippen molar-refractivity contribution in [2.24, 2.45) is 0 Å². The van der Waals surface area contributed by atoms with Crippen molar-refractivity contribution in [3.05, 3.63) is 0 Å². The number of hydrogen-bond donors (Lipinski definition) is 1. The zero-order valence-corrected chi connectivity index (χ0v) is 16.4. The summed E-state index contributed by atoms with van der Waals surface area (Å²) in [5.41, 5.74) is 0. The second-order valence-electron chi connectivity index (χ2n) is 6.41. The molecule has 0 bridgehead atoms. The third-order valence-corrected chi connectivity index (χ3v) is 4.25. The number of carbonyl (C=O) groups excluding carboxylic acids is 2. The van der Waals surface area contributed by atoms with Gasteiger partial charge in [0.05, 0.1) is 0 Å². The van der Waals surface area contributed by atoms with E-state index in [0.29, 0.717) is 26.1 Å². The lowest BCUT2D eigenvalue weighted by Gasteiger charge is -2.34. The van der Waals surface area contributed by atoms with Crippen LogP contribution in [0.5, 0.6) is 0 Å². The standard InChI is InChI=1S/C19H36N2O4/c1-5-9-10-11-17(22)21(8-4)16(12-13-18(23)24)19(25)20(14-6-2)15-7-3/h16H,5-15H2,1-4H3,(H,23,24)/t16-/m0/s1. The summed E-state index contributed by atoms with van der Waals surface area (Å²) in [6.45, 7) is 9.64. The van der Waals surface area contributed by atoms with E-state index < -0.39 is 12.0 Å². The highest BCUT2D eigenvalue weighted by Gasteiger charge is 2.31. The van der Waals surface area contributed by atoms with Gasteiger partial charge in [-0.05, 0) is 32.6 Å². The van der Waals surface area contributed by atoms with Crippen LogP contribution in [0.15, 0.2) is 0 Å². The Morgan fingerprint density at radius 2 is 1.48 bits per heavy atom. The van der Waals surface area contributed by atoms with Crippen molar-refractivity contribution in [2.45, 2.75) is 85.1 Å². The summed E-state index contributed by atoms with van der Waals surface area (Å²) in [6.07, 6.45) is 4.98. The van der Waals surface area contributed by atoms with Crippen LogP contribution >= 0.6 is 0 Å². The summed E-state index contributed by atoms with van der Waals surface area (Å²) in [5, 5.41) is 9.03. The minimum absolute atomic E-state index is 0.0485. The maximum Gasteiger partial charge on any atom is 0.303 e. The Kier molecular flexibility index (Phi) is 12.8. The highest BCUT2D eigenvalue weighted by atomic mass is 16.4. The number of amides is 2. The summed E-state index contributed by atoms with van der Waals surface area (Å²) in [4.78, 5) is 40.0. The van der Waals surface area contributed by atoms with Crippen LogP contribution in [0, 0.1) is 0 Å². The van der Waals surface area contributed by atoms with Crippen LogP contribution in [0.4, 0.5) is 0 Å². The van der Waals surface area contributed by atoms with Gasteiger partial charge in [-0.3, -0.25) is 14.4 Å². The van der Waals surface area contributed by atoms with Gasteiger partial charge in [-0.1, -0.05) is 33.6 Å². The Balaban J connectivity index is 5.28. The molecule has 0 radical (unpaired) electrons. The quantitative estimate of drug-likeness (QED) is 0.484. The first-order chi connectivity index (χ1) is 11.9. The SMILES string of the molecule is CCCCCC(=O)N(CC)[C@@H](CCC(=O)O)C(=O)N(CCC)CCC. The first-order valence-electron chi connectivity index (χ1n) is 9.72. The molecule has 0 saturated heterocycles. The fourth-order valence-corrected chi connectivity index (χ4v) is 3.00. The van der Waals surface area contributed by atoms with Crippen molar-refractivity contribution in [2.75, 3.05) is 19.6 Å². The molecule has 146 valence electrons. The van der Waals surface area contributed by atoms with Crippen molar-refractivity contribution in [3.63, 3.8) is 0 Å². The molecule has 0 saturated carbocycles. The van der Waals surface area contributed by atoms with Gasteiger partial charge in [0, 0.05) is 32.5 Å². The molecule has 1 N–H and O–H groups in total. The summed E-state index contributed by atoms with van der Waals surface area (Å²) < 4.78 is 0. The van der Waals surface area contributed by atoms with Crippen molar-refractivity contribution >= 4 is 17.8 Å². The molecule has 0 aromatic rings. The van der Waals surface area contributed by atoms with E-state index >= 15 is 0 Å². The topological polar surface area (TPSA) is 77.9 Å². The predicted molar refractivity (Wildman–Crippen MR) is 99.3 cm³/mol. The molecule has 0 aliphatic rings. The molecule has 0 fully saturated rings. The minimum Gasteiger partial charge on any atom is -0.481 e. The maximum absolute atomic E-state index is 13.0. The van der Waals surface area contributed by atoms with E-state index in [-0.39, 0.29) is 24.7 Å². The Labute approximate surface area is 152 Å². The van der Waals surface area contributed by atoms with Crippen molar-refractivity contribution in [1.82, 2.24) is 9.80 Å². The number of aliphatic carboxylic acids is 1. The Hall–Kier alpha value is -1.59. The minimum atomic E-state index is -0.940. The molecular weight excluding hydrogens is 320 g/mol. The van der Waals surface area contributed by atoms with Gasteiger partial charge in [0.15, 0.2) is 0 Å². The predicted octanol–water partition coefficient (Wildman–Crippen LogP) is 3.30. The number of rotatable bonds is 14. The number of carbonyl (C=O) groups is 3. The first kappa shape index (κ1) is 23.4. The molecule has 0 aliphatic heterocycles. The lowest BCUT2D eigenvalue weighted by molar-refractivity contribution is -0.147. The number of likely N-dealkylation sites (N-methyl/N-ethyl adjacent to an activating group) is 1. The molecule has 25 heavy (non-hydrogen) atoms. The Morgan fingerprint density at radius 3 is 1.92 bits per heavy atom. The first-order valence-corrected chi connectivity index (χ1v) is 9.72. The third kappa shape index (κ3) is 8.89. The van der Waals surface area contributed by atoms with Gasteiger partial charge in [-0.2, -0.15) is 0 Å². The van der Waals surface area contributed by atoms with E-state index in [1.807, 2.05) is 20.8 Å². The van der Waals surface area contributed by atoms with Crippen LogP contribution in [-0.4, -0.2) is 58.4 Å². The van der Waals surface area contributed by atoms with Crippen molar-refractivity contribution in [3.8, 4) is 0 Å². The monoisotopic (exact) mass is 356 g/mol. The molecule has 0 aromatic carbocycles. The molecular formula is C19H36N2O4. The number of carboxylic acid groups (broad SMARTS) is 1. The molecule has 1 atom stereocenters. The molecule has 0 unspecified atom stereocenters. The lowest BCUT2D eigenvalue weighted by Crippen LogP contribution is -2.51. The van der Waals surface area contributed by atoms with E-state index in [2.05, 4.69) is 6.92 Å². The van der Waals surface area contributed by atoms with E-state index in [1.165, 1.54) is 0 Å². The average Bonchev–Trinajstić information content (AvgIpc) is 2.57. The van der Waals surface area contributed by atoms with E-state index in [4.69, 9.17) is 5.11 Å². The number of nitrogens with zero attached hydrogens (tertiary/aromatic N) is 2. The molecule has 2 amide bonds. The smallest absolute Gasteiger partial charge is 0.303 e. The lowest BCUT2D eigenvalue weighted by atomic mass is 10.1. The molecule has 6 nitrogen and oxygen atoms in total. The summed E-state index contributed by atoms with van der Waals surface area (Å²) in [6, 6.07) is -0.673. The van der Waals surface area contributed by atoms with Gasteiger partial charge in [0.1, 0.15) is 6.04 Å². The fraction of sp³-hybridized carbons (Fsp3) is 0.842. The number of carboxylic acids is 1. The zero-order valence-electron chi connectivity index (χ0n) is 16.4. The summed E-state index contributed by atoms with van der Waals surface area (Å²) >= 11 is 0. The molecule has 0 heterocycles. The van der Waals surface area contributed by atoms with Crippen molar-refractivity contribution in [1.29, 1.82) is 0 Å². The van der Waals surface area contributed by atoms with Crippen LogP contribution in [0.1, 0.15) is 79.1 Å². The van der Waals surface area contributed by atoms with Gasteiger partial charge in [-0.15, -0.1) is 0 Å². The Morgan fingerprint density at radius 1 is 0.880 bits per heavy atom. The fourth-order valence-electron chi connectivity index (χ4n) is 3.00. The van der Waals surface area contributed by atoms with Gasteiger partial charge in [0.25, 0.3) is 0 Å². The van der Waals surface area contributed by atoms with Crippen LogP contribution < -0.4 is 0 Å². The molecule has 0 spiro atoms. The second-order valence-corrected chi connectivity index (χ2v) is 6.41. The van der Waals surface area contributed by atoms with Crippen LogP contribution in [0.2, 0.25) is 0 Å². The molecule has 6 heteroatoms. The molecule has 0 aliphatic carbocycles. The summed E-state index contributed by atoms with van der Waals surface area (Å²) in [5.74, 6) is -1.10. The van der Waals surface area contributed by atoms with Crippen molar-refractivity contribution < 1.29 is 19.5 Å². The highest BCUT2D eigenvalue weighted by molar-refractivity contribution is 5.88. The van der Waals surface area contributed by atoms with E-state index in [1.54, 1.807) is 9.80 Å². The average molecular weight is 357 g/mol. The van der Waals surface area contributed by atoms with Crippen LogP contribution in [-0.2, 0) is 14.4 Å². The molecule has 0 rings (SSSR count). The maximum atomic E-state index is 13.0.